The number of carbonyl (C=O) groups excluding carboxylic acids is 1. The van der Waals surface area contributed by atoms with Crippen LogP contribution in [-0.4, -0.2) is 51.9 Å². The zero-order valence-corrected chi connectivity index (χ0v) is 15.8. The maximum atomic E-state index is 12.8. The lowest BCUT2D eigenvalue weighted by Crippen LogP contribution is -2.56. The van der Waals surface area contributed by atoms with Gasteiger partial charge in [0.15, 0.2) is 0 Å². The van der Waals surface area contributed by atoms with Crippen molar-refractivity contribution < 1.29 is 9.53 Å². The molecule has 1 saturated heterocycles. The van der Waals surface area contributed by atoms with Gasteiger partial charge in [0.05, 0.1) is 24.4 Å². The highest BCUT2D eigenvalue weighted by Gasteiger charge is 2.39. The highest BCUT2D eigenvalue weighted by Crippen LogP contribution is 2.34. The molecule has 140 valence electrons. The summed E-state index contributed by atoms with van der Waals surface area (Å²) in [6.07, 6.45) is 9.07. The molecule has 1 atom stereocenters. The predicted molar refractivity (Wildman–Crippen MR) is 98.7 cm³/mol. The number of rotatable bonds is 4. The van der Waals surface area contributed by atoms with Crippen molar-refractivity contribution >= 4 is 11.7 Å². The first-order valence-electron chi connectivity index (χ1n) is 9.73. The van der Waals surface area contributed by atoms with Gasteiger partial charge in [-0.15, -0.1) is 0 Å². The number of hydrogen-bond acceptors (Lipinski definition) is 4. The smallest absolute Gasteiger partial charge is 0.242 e. The van der Waals surface area contributed by atoms with Crippen molar-refractivity contribution in [3.05, 3.63) is 12.3 Å². The lowest BCUT2D eigenvalue weighted by molar-refractivity contribution is -0.138. The fourth-order valence-corrected chi connectivity index (χ4v) is 4.10. The molecule has 0 aromatic carbocycles. The van der Waals surface area contributed by atoms with Gasteiger partial charge in [-0.1, -0.05) is 25.7 Å². The van der Waals surface area contributed by atoms with Crippen molar-refractivity contribution in [3.8, 4) is 0 Å². The average Bonchev–Trinajstić information content (AvgIpc) is 2.95. The molecule has 2 aliphatic rings. The number of morpholine rings is 1. The van der Waals surface area contributed by atoms with Gasteiger partial charge in [0.2, 0.25) is 5.91 Å². The molecule has 6 heteroatoms. The van der Waals surface area contributed by atoms with Crippen molar-refractivity contribution in [2.24, 2.45) is 0 Å². The third-order valence-corrected chi connectivity index (χ3v) is 5.63. The summed E-state index contributed by atoms with van der Waals surface area (Å²) in [6, 6.07) is 1.91. The Morgan fingerprint density at radius 3 is 2.64 bits per heavy atom. The van der Waals surface area contributed by atoms with Crippen LogP contribution in [0.5, 0.6) is 0 Å². The molecule has 1 N–H and O–H groups in total. The first-order valence-corrected chi connectivity index (χ1v) is 9.73. The number of ether oxygens (including phenoxy) is 1. The van der Waals surface area contributed by atoms with Crippen LogP contribution in [0, 0.1) is 0 Å². The van der Waals surface area contributed by atoms with Crippen molar-refractivity contribution in [1.29, 1.82) is 0 Å². The zero-order valence-electron chi connectivity index (χ0n) is 15.8. The normalized spacial score (nSPS) is 22.7. The minimum absolute atomic E-state index is 0.0353. The number of aromatic nitrogens is 2. The lowest BCUT2D eigenvalue weighted by atomic mass is 9.91. The van der Waals surface area contributed by atoms with Crippen LogP contribution in [0.15, 0.2) is 12.3 Å². The molecular formula is C19H32N4O2. The molecule has 6 nitrogen and oxygen atoms in total. The summed E-state index contributed by atoms with van der Waals surface area (Å²) in [5.41, 5.74) is -0.0387. The summed E-state index contributed by atoms with van der Waals surface area (Å²) in [5.74, 6) is 0.803. The Balaban J connectivity index is 1.64. The third-order valence-electron chi connectivity index (χ3n) is 5.63. The predicted octanol–water partition coefficient (Wildman–Crippen LogP) is 3.22. The molecule has 0 unspecified atom stereocenters. The molecule has 0 bridgehead atoms. The van der Waals surface area contributed by atoms with Gasteiger partial charge < -0.3 is 10.1 Å². The van der Waals surface area contributed by atoms with Gasteiger partial charge in [-0.25, -0.2) is 4.68 Å². The van der Waals surface area contributed by atoms with Crippen LogP contribution in [0.25, 0.3) is 0 Å². The van der Waals surface area contributed by atoms with E-state index in [0.717, 1.165) is 38.4 Å². The summed E-state index contributed by atoms with van der Waals surface area (Å²) in [7, 11) is 0. The van der Waals surface area contributed by atoms with Crippen LogP contribution in [0.3, 0.4) is 0 Å². The fourth-order valence-electron chi connectivity index (χ4n) is 4.10. The maximum Gasteiger partial charge on any atom is 0.242 e. The van der Waals surface area contributed by atoms with E-state index in [2.05, 4.69) is 29.2 Å². The summed E-state index contributed by atoms with van der Waals surface area (Å²) >= 11 is 0. The Morgan fingerprint density at radius 2 is 1.96 bits per heavy atom. The van der Waals surface area contributed by atoms with Crippen LogP contribution in [0.1, 0.15) is 65.3 Å². The molecule has 1 aromatic rings. The third kappa shape index (κ3) is 4.23. The lowest BCUT2D eigenvalue weighted by Gasteiger charge is -2.44. The van der Waals surface area contributed by atoms with Crippen LogP contribution in [0.4, 0.5) is 5.82 Å². The van der Waals surface area contributed by atoms with Gasteiger partial charge in [0, 0.05) is 25.2 Å². The fraction of sp³-hybridized carbons (Fsp3) is 0.789. The molecule has 2 fully saturated rings. The Kier molecular flexibility index (Phi) is 5.79. The van der Waals surface area contributed by atoms with Gasteiger partial charge >= 0.3 is 0 Å². The molecule has 1 saturated carbocycles. The summed E-state index contributed by atoms with van der Waals surface area (Å²) in [4.78, 5) is 15.1. The Labute approximate surface area is 150 Å². The van der Waals surface area contributed by atoms with E-state index in [-0.39, 0.29) is 23.6 Å². The number of nitrogens with one attached hydrogen (secondary N) is 1. The van der Waals surface area contributed by atoms with E-state index in [1.54, 1.807) is 6.20 Å². The van der Waals surface area contributed by atoms with E-state index in [0.29, 0.717) is 0 Å². The second kappa shape index (κ2) is 7.87. The Bertz CT molecular complexity index is 576. The first kappa shape index (κ1) is 18.4. The summed E-state index contributed by atoms with van der Waals surface area (Å²) < 4.78 is 8.06. The second-order valence-corrected chi connectivity index (χ2v) is 7.84. The SMILES string of the molecule is CC(C)n1nccc1NC(=O)[C@@H](C)N1CCOC2(CCCCCC2)C1. The maximum absolute atomic E-state index is 12.8. The van der Waals surface area contributed by atoms with Gasteiger partial charge in [0.25, 0.3) is 0 Å². The van der Waals surface area contributed by atoms with E-state index >= 15 is 0 Å². The Hall–Kier alpha value is -1.40. The second-order valence-electron chi connectivity index (χ2n) is 7.84. The molecule has 1 aliphatic carbocycles. The first-order chi connectivity index (χ1) is 12.0. The zero-order chi connectivity index (χ0) is 17.9. The standard InChI is InChI=1S/C19H32N4O2/c1-15(2)23-17(8-11-20-23)21-18(24)16(3)22-12-13-25-19(14-22)9-6-4-5-7-10-19/h8,11,15-16H,4-7,9-10,12-14H2,1-3H3,(H,21,24)/t16-/m1/s1. The van der Waals surface area contributed by atoms with Crippen molar-refractivity contribution in [1.82, 2.24) is 14.7 Å². The number of amides is 1. The van der Waals surface area contributed by atoms with Crippen LogP contribution >= 0.6 is 0 Å². The average molecular weight is 348 g/mol. The van der Waals surface area contributed by atoms with Gasteiger partial charge in [-0.3, -0.25) is 9.69 Å². The van der Waals surface area contributed by atoms with E-state index < -0.39 is 0 Å². The van der Waals surface area contributed by atoms with Crippen LogP contribution in [0.2, 0.25) is 0 Å². The van der Waals surface area contributed by atoms with E-state index in [9.17, 15) is 4.79 Å². The molecule has 2 heterocycles. The molecule has 1 aliphatic heterocycles. The topological polar surface area (TPSA) is 59.4 Å². The summed E-state index contributed by atoms with van der Waals surface area (Å²) in [6.45, 7) is 8.53. The number of nitrogens with zero attached hydrogens (tertiary/aromatic N) is 3. The van der Waals surface area contributed by atoms with Gasteiger partial charge in [-0.2, -0.15) is 5.10 Å². The molecule has 25 heavy (non-hydrogen) atoms. The van der Waals surface area contributed by atoms with E-state index in [4.69, 9.17) is 4.74 Å². The molecule has 1 spiro atoms. The van der Waals surface area contributed by atoms with E-state index in [1.165, 1.54) is 25.7 Å². The number of carbonyl (C=O) groups is 1. The molecular weight excluding hydrogens is 316 g/mol. The van der Waals surface area contributed by atoms with E-state index in [1.807, 2.05) is 17.7 Å². The largest absolute Gasteiger partial charge is 0.372 e. The quantitative estimate of drug-likeness (QED) is 0.908. The minimum atomic E-state index is -0.167. The van der Waals surface area contributed by atoms with Crippen LogP contribution in [-0.2, 0) is 9.53 Å². The molecule has 1 aromatic heterocycles. The van der Waals surface area contributed by atoms with Gasteiger partial charge in [0.1, 0.15) is 5.82 Å². The summed E-state index contributed by atoms with van der Waals surface area (Å²) in [5, 5.41) is 7.34. The monoisotopic (exact) mass is 348 g/mol. The molecule has 0 radical (unpaired) electrons. The van der Waals surface area contributed by atoms with Crippen LogP contribution < -0.4 is 5.32 Å². The number of hydrogen-bond donors (Lipinski definition) is 1. The number of anilines is 1. The Morgan fingerprint density at radius 1 is 1.24 bits per heavy atom. The molecule has 1 amide bonds. The van der Waals surface area contributed by atoms with Crippen molar-refractivity contribution in [2.75, 3.05) is 25.0 Å². The highest BCUT2D eigenvalue weighted by molar-refractivity contribution is 5.93. The van der Waals surface area contributed by atoms with Crippen molar-refractivity contribution in [2.45, 2.75) is 77.0 Å². The minimum Gasteiger partial charge on any atom is -0.372 e. The van der Waals surface area contributed by atoms with Crippen molar-refractivity contribution in [3.63, 3.8) is 0 Å². The van der Waals surface area contributed by atoms with Gasteiger partial charge in [-0.05, 0) is 33.6 Å². The highest BCUT2D eigenvalue weighted by atomic mass is 16.5. The molecule has 3 rings (SSSR count).